The molecule has 1 amide bonds. The van der Waals surface area contributed by atoms with E-state index in [9.17, 15) is 20.2 Å². The number of aryl methyl sites for hydroxylation is 1. The number of nitro groups is 1. The summed E-state index contributed by atoms with van der Waals surface area (Å²) in [5, 5.41) is 24.5. The number of hydrogen-bond donors (Lipinski definition) is 1. The molecule has 180 valence electrons. The van der Waals surface area contributed by atoms with Crippen LogP contribution in [-0.2, 0) is 17.8 Å². The Bertz CT molecular complexity index is 1460. The van der Waals surface area contributed by atoms with Gasteiger partial charge in [-0.25, -0.2) is 0 Å². The number of nitriles is 1. The number of para-hydroxylation sites is 1. The molecule has 1 aromatic heterocycles. The van der Waals surface area contributed by atoms with E-state index in [1.165, 1.54) is 17.7 Å². The van der Waals surface area contributed by atoms with E-state index in [1.807, 2.05) is 49.4 Å². The van der Waals surface area contributed by atoms with Gasteiger partial charge in [-0.05, 0) is 43.0 Å². The number of nitro benzene ring substituents is 1. The molecular weight excluding hydrogens is 452 g/mol. The quantitative estimate of drug-likeness (QED) is 0.112. The second kappa shape index (κ2) is 11.2. The van der Waals surface area contributed by atoms with Gasteiger partial charge in [0.05, 0.1) is 4.92 Å². The fraction of sp³-hybridized carbons (Fsp3) is 0.172. The highest BCUT2D eigenvalue weighted by Crippen LogP contribution is 2.29. The van der Waals surface area contributed by atoms with Gasteiger partial charge in [0.25, 0.3) is 11.6 Å². The molecule has 0 spiro atoms. The van der Waals surface area contributed by atoms with Gasteiger partial charge in [-0.2, -0.15) is 5.26 Å². The van der Waals surface area contributed by atoms with Crippen LogP contribution in [0.1, 0.15) is 28.8 Å². The van der Waals surface area contributed by atoms with Crippen molar-refractivity contribution in [3.63, 3.8) is 0 Å². The number of aromatic nitrogens is 1. The van der Waals surface area contributed by atoms with Crippen LogP contribution in [0.2, 0.25) is 0 Å². The Morgan fingerprint density at radius 3 is 2.42 bits per heavy atom. The van der Waals surface area contributed by atoms with E-state index in [4.69, 9.17) is 0 Å². The molecule has 0 unspecified atom stereocenters. The lowest BCUT2D eigenvalue weighted by Crippen LogP contribution is -2.25. The van der Waals surface area contributed by atoms with Crippen LogP contribution >= 0.6 is 0 Å². The Morgan fingerprint density at radius 2 is 1.72 bits per heavy atom. The molecule has 0 aliphatic heterocycles. The molecule has 0 aliphatic carbocycles. The summed E-state index contributed by atoms with van der Waals surface area (Å²) in [6.07, 6.45) is 3.28. The number of hydrogen-bond acceptors (Lipinski definition) is 4. The van der Waals surface area contributed by atoms with Gasteiger partial charge in [0, 0.05) is 47.4 Å². The van der Waals surface area contributed by atoms with Gasteiger partial charge >= 0.3 is 0 Å². The smallest absolute Gasteiger partial charge is 0.269 e. The maximum Gasteiger partial charge on any atom is 0.269 e. The first-order valence-electron chi connectivity index (χ1n) is 11.7. The minimum atomic E-state index is -0.418. The molecule has 0 radical (unpaired) electrons. The molecule has 0 saturated heterocycles. The number of nitrogens with one attached hydrogen (secondary N) is 1. The van der Waals surface area contributed by atoms with E-state index in [0.717, 1.165) is 40.6 Å². The van der Waals surface area contributed by atoms with Crippen LogP contribution in [0.15, 0.2) is 84.4 Å². The summed E-state index contributed by atoms with van der Waals surface area (Å²) >= 11 is 0. The first-order valence-corrected chi connectivity index (χ1v) is 11.7. The molecule has 7 heteroatoms. The third kappa shape index (κ3) is 5.50. The van der Waals surface area contributed by atoms with E-state index in [1.54, 1.807) is 18.2 Å². The molecule has 36 heavy (non-hydrogen) atoms. The average Bonchev–Trinajstić information content (AvgIpc) is 3.16. The molecule has 0 saturated carbocycles. The third-order valence-corrected chi connectivity index (χ3v) is 6.19. The van der Waals surface area contributed by atoms with Crippen molar-refractivity contribution in [2.75, 3.05) is 6.54 Å². The number of nitrogens with zero attached hydrogens (tertiary/aromatic N) is 3. The minimum Gasteiger partial charge on any atom is -0.351 e. The molecule has 4 aromatic rings. The number of carbonyl (C=O) groups is 1. The van der Waals surface area contributed by atoms with E-state index in [0.29, 0.717) is 13.1 Å². The maximum atomic E-state index is 12.8. The van der Waals surface area contributed by atoms with Crippen molar-refractivity contribution in [2.45, 2.75) is 26.3 Å². The molecule has 0 fully saturated rings. The number of amides is 1. The Morgan fingerprint density at radius 1 is 1.03 bits per heavy atom. The van der Waals surface area contributed by atoms with Crippen molar-refractivity contribution in [1.29, 1.82) is 5.26 Å². The fourth-order valence-electron chi connectivity index (χ4n) is 4.28. The highest BCUT2D eigenvalue weighted by atomic mass is 16.6. The first-order chi connectivity index (χ1) is 17.5. The van der Waals surface area contributed by atoms with Crippen LogP contribution in [0.5, 0.6) is 0 Å². The minimum absolute atomic E-state index is 0.0462. The van der Waals surface area contributed by atoms with E-state index in [-0.39, 0.29) is 11.3 Å². The van der Waals surface area contributed by atoms with Crippen LogP contribution in [0.3, 0.4) is 0 Å². The standard InChI is InChI=1S/C29H26N4O3/c1-21-27(18-24(19-30)29(34)31-17-7-10-22-8-3-2-4-9-22)26-11-5-6-12-28(26)32(21)20-23-13-15-25(16-14-23)33(35)36/h2-6,8-9,11-16,18H,7,10,17,20H2,1H3,(H,31,34)/b24-18-. The zero-order valence-corrected chi connectivity index (χ0v) is 20.0. The predicted molar refractivity (Wildman–Crippen MR) is 140 cm³/mol. The summed E-state index contributed by atoms with van der Waals surface area (Å²) in [7, 11) is 0. The lowest BCUT2D eigenvalue weighted by Gasteiger charge is -2.09. The van der Waals surface area contributed by atoms with Gasteiger partial charge in [0.1, 0.15) is 11.6 Å². The zero-order valence-electron chi connectivity index (χ0n) is 20.0. The van der Waals surface area contributed by atoms with Gasteiger partial charge in [0.15, 0.2) is 0 Å². The summed E-state index contributed by atoms with van der Waals surface area (Å²) < 4.78 is 2.09. The topological polar surface area (TPSA) is 101 Å². The number of carbonyl (C=O) groups excluding carboxylic acids is 1. The SMILES string of the molecule is Cc1c(/C=C(/C#N)C(=O)NCCCc2ccccc2)c2ccccc2n1Cc1ccc([N+](=O)[O-])cc1. The normalized spacial score (nSPS) is 11.3. The number of non-ortho nitro benzene ring substituents is 1. The molecule has 7 nitrogen and oxygen atoms in total. The predicted octanol–water partition coefficient (Wildman–Crippen LogP) is 5.56. The Labute approximate surface area is 209 Å². The van der Waals surface area contributed by atoms with Crippen molar-refractivity contribution in [1.82, 2.24) is 9.88 Å². The van der Waals surface area contributed by atoms with E-state index < -0.39 is 10.8 Å². The lowest BCUT2D eigenvalue weighted by molar-refractivity contribution is -0.384. The highest BCUT2D eigenvalue weighted by Gasteiger charge is 2.16. The Balaban J connectivity index is 1.55. The van der Waals surface area contributed by atoms with Crippen molar-refractivity contribution in [2.24, 2.45) is 0 Å². The fourth-order valence-corrected chi connectivity index (χ4v) is 4.28. The second-order valence-corrected chi connectivity index (χ2v) is 8.54. The second-order valence-electron chi connectivity index (χ2n) is 8.54. The molecule has 3 aromatic carbocycles. The van der Waals surface area contributed by atoms with Crippen LogP contribution in [-0.4, -0.2) is 21.9 Å². The lowest BCUT2D eigenvalue weighted by atomic mass is 10.1. The van der Waals surface area contributed by atoms with Gasteiger partial charge in [-0.15, -0.1) is 0 Å². The van der Waals surface area contributed by atoms with Crippen LogP contribution < -0.4 is 5.32 Å². The number of rotatable bonds is 9. The van der Waals surface area contributed by atoms with Crippen LogP contribution in [0.25, 0.3) is 17.0 Å². The largest absolute Gasteiger partial charge is 0.351 e. The Hall–Kier alpha value is -4.70. The third-order valence-electron chi connectivity index (χ3n) is 6.19. The molecule has 4 rings (SSSR count). The summed E-state index contributed by atoms with van der Waals surface area (Å²) in [6, 6.07) is 26.4. The van der Waals surface area contributed by atoms with Gasteiger partial charge in [0.2, 0.25) is 0 Å². The van der Waals surface area contributed by atoms with Crippen molar-refractivity contribution >= 4 is 28.6 Å². The van der Waals surface area contributed by atoms with Crippen LogP contribution in [0, 0.1) is 28.4 Å². The monoisotopic (exact) mass is 478 g/mol. The summed E-state index contributed by atoms with van der Waals surface area (Å²) in [5.41, 5.74) is 4.89. The Kier molecular flexibility index (Phi) is 7.57. The molecule has 0 bridgehead atoms. The average molecular weight is 479 g/mol. The highest BCUT2D eigenvalue weighted by molar-refractivity contribution is 6.04. The summed E-state index contributed by atoms with van der Waals surface area (Å²) in [4.78, 5) is 23.3. The van der Waals surface area contributed by atoms with Crippen molar-refractivity contribution in [3.8, 4) is 6.07 Å². The van der Waals surface area contributed by atoms with E-state index >= 15 is 0 Å². The van der Waals surface area contributed by atoms with Crippen molar-refractivity contribution in [3.05, 3.63) is 117 Å². The van der Waals surface area contributed by atoms with Gasteiger partial charge < -0.3 is 9.88 Å². The van der Waals surface area contributed by atoms with E-state index in [2.05, 4.69) is 28.1 Å². The molecular formula is C29H26N4O3. The molecule has 0 aliphatic rings. The molecule has 1 heterocycles. The van der Waals surface area contributed by atoms with Crippen LogP contribution in [0.4, 0.5) is 5.69 Å². The van der Waals surface area contributed by atoms with Gasteiger partial charge in [-0.3, -0.25) is 14.9 Å². The maximum absolute atomic E-state index is 12.8. The molecule has 1 N–H and O–H groups in total. The molecule has 0 atom stereocenters. The first kappa shape index (κ1) is 24.4. The van der Waals surface area contributed by atoms with Gasteiger partial charge in [-0.1, -0.05) is 60.7 Å². The zero-order chi connectivity index (χ0) is 25.5. The number of fused-ring (bicyclic) bond motifs is 1. The summed E-state index contributed by atoms with van der Waals surface area (Å²) in [5.74, 6) is -0.392. The summed E-state index contributed by atoms with van der Waals surface area (Å²) in [6.45, 7) is 2.93. The number of benzene rings is 3. The van der Waals surface area contributed by atoms with Crippen molar-refractivity contribution < 1.29 is 9.72 Å².